The maximum Gasteiger partial charge on any atom is 0.261 e. The van der Waals surface area contributed by atoms with Crippen LogP contribution in [-0.4, -0.2) is 35.9 Å². The monoisotopic (exact) mass is 550 g/mol. The van der Waals surface area contributed by atoms with E-state index in [9.17, 15) is 9.59 Å². The van der Waals surface area contributed by atoms with E-state index in [-0.39, 0.29) is 18.4 Å². The molecule has 0 aromatic heterocycles. The summed E-state index contributed by atoms with van der Waals surface area (Å²) < 4.78 is 6.85. The number of nitrogens with one attached hydrogen (secondary N) is 1. The van der Waals surface area contributed by atoms with E-state index in [4.69, 9.17) is 4.74 Å². The van der Waals surface area contributed by atoms with Gasteiger partial charge in [0.15, 0.2) is 6.61 Å². The first kappa shape index (κ1) is 27.5. The Bertz CT molecular complexity index is 1150. The zero-order valence-electron chi connectivity index (χ0n) is 21.5. The van der Waals surface area contributed by atoms with Crippen LogP contribution >= 0.6 is 15.9 Å². The van der Waals surface area contributed by atoms with E-state index in [2.05, 4.69) is 35.1 Å². The van der Waals surface area contributed by atoms with Crippen molar-refractivity contribution < 1.29 is 14.3 Å². The van der Waals surface area contributed by atoms with Gasteiger partial charge in [0.05, 0.1) is 0 Å². The summed E-state index contributed by atoms with van der Waals surface area (Å²) in [6.07, 6.45) is 0.416. The lowest BCUT2D eigenvalue weighted by Crippen LogP contribution is -2.52. The first-order chi connectivity index (χ1) is 17.2. The predicted molar refractivity (Wildman–Crippen MR) is 148 cm³/mol. The summed E-state index contributed by atoms with van der Waals surface area (Å²) in [6.45, 7) is 8.80. The van der Waals surface area contributed by atoms with E-state index in [1.807, 2.05) is 86.6 Å². The molecule has 0 spiro atoms. The topological polar surface area (TPSA) is 58.6 Å². The van der Waals surface area contributed by atoms with Crippen LogP contribution in [0.2, 0.25) is 0 Å². The molecule has 0 fully saturated rings. The minimum atomic E-state index is -0.671. The molecule has 2 amide bonds. The molecular formula is C30H35BrN2O3. The fourth-order valence-electron chi connectivity index (χ4n) is 3.80. The van der Waals surface area contributed by atoms with Crippen molar-refractivity contribution in [2.24, 2.45) is 5.92 Å². The Balaban J connectivity index is 1.89. The number of ether oxygens (including phenoxy) is 1. The lowest BCUT2D eigenvalue weighted by molar-refractivity contribution is -0.142. The van der Waals surface area contributed by atoms with E-state index >= 15 is 0 Å². The van der Waals surface area contributed by atoms with Gasteiger partial charge in [-0.2, -0.15) is 0 Å². The van der Waals surface area contributed by atoms with Crippen molar-refractivity contribution in [3.8, 4) is 5.75 Å². The van der Waals surface area contributed by atoms with Crippen LogP contribution in [0.1, 0.15) is 36.1 Å². The van der Waals surface area contributed by atoms with Gasteiger partial charge in [0.1, 0.15) is 11.8 Å². The zero-order chi connectivity index (χ0) is 26.1. The second-order valence-corrected chi connectivity index (χ2v) is 10.4. The molecule has 6 heteroatoms. The van der Waals surface area contributed by atoms with Gasteiger partial charge in [-0.05, 0) is 54.7 Å². The van der Waals surface area contributed by atoms with Crippen LogP contribution < -0.4 is 10.1 Å². The molecule has 0 saturated heterocycles. The summed E-state index contributed by atoms with van der Waals surface area (Å²) >= 11 is 3.49. The SMILES string of the molecule is Cc1ccc(CN(C(=O)COc2ccc(Br)c(C)c2)[C@@H](Cc2ccccc2)C(=O)NCC(C)C)cc1. The molecule has 0 aliphatic heterocycles. The van der Waals surface area contributed by atoms with Crippen LogP contribution in [0.15, 0.2) is 77.3 Å². The first-order valence-electron chi connectivity index (χ1n) is 12.3. The zero-order valence-corrected chi connectivity index (χ0v) is 23.0. The van der Waals surface area contributed by atoms with Gasteiger partial charge in [-0.3, -0.25) is 9.59 Å². The van der Waals surface area contributed by atoms with Crippen molar-refractivity contribution in [3.63, 3.8) is 0 Å². The number of carbonyl (C=O) groups is 2. The fourth-order valence-corrected chi connectivity index (χ4v) is 4.05. The molecule has 3 rings (SSSR count). The van der Waals surface area contributed by atoms with Gasteiger partial charge >= 0.3 is 0 Å². The number of nitrogens with zero attached hydrogens (tertiary/aromatic N) is 1. The number of rotatable bonds is 11. The lowest BCUT2D eigenvalue weighted by Gasteiger charge is -2.31. The smallest absolute Gasteiger partial charge is 0.261 e. The Morgan fingerprint density at radius 3 is 2.28 bits per heavy atom. The van der Waals surface area contributed by atoms with Gasteiger partial charge in [-0.1, -0.05) is 89.9 Å². The van der Waals surface area contributed by atoms with E-state index < -0.39 is 6.04 Å². The average Bonchev–Trinajstić information content (AvgIpc) is 2.87. The van der Waals surface area contributed by atoms with Gasteiger partial charge in [-0.15, -0.1) is 0 Å². The number of benzene rings is 3. The molecule has 0 aliphatic carbocycles. The highest BCUT2D eigenvalue weighted by molar-refractivity contribution is 9.10. The third-order valence-electron chi connectivity index (χ3n) is 5.92. The lowest BCUT2D eigenvalue weighted by atomic mass is 10.0. The second kappa shape index (κ2) is 13.3. The van der Waals surface area contributed by atoms with E-state index in [1.54, 1.807) is 4.90 Å². The number of carbonyl (C=O) groups excluding carboxylic acids is 2. The quantitative estimate of drug-likeness (QED) is 0.325. The highest BCUT2D eigenvalue weighted by Gasteiger charge is 2.30. The number of amides is 2. The summed E-state index contributed by atoms with van der Waals surface area (Å²) in [5.74, 6) is 0.518. The number of aryl methyl sites for hydroxylation is 2. The van der Waals surface area contributed by atoms with Gasteiger partial charge in [0, 0.05) is 24.0 Å². The summed E-state index contributed by atoms with van der Waals surface area (Å²) in [5, 5.41) is 3.04. The van der Waals surface area contributed by atoms with Crippen molar-refractivity contribution in [2.45, 2.75) is 46.7 Å². The fraction of sp³-hybridized carbons (Fsp3) is 0.333. The Morgan fingerprint density at radius 1 is 0.944 bits per heavy atom. The molecule has 0 radical (unpaired) electrons. The van der Waals surface area contributed by atoms with Crippen molar-refractivity contribution in [1.29, 1.82) is 0 Å². The minimum absolute atomic E-state index is 0.157. The molecule has 0 bridgehead atoms. The van der Waals surface area contributed by atoms with Gasteiger partial charge in [0.25, 0.3) is 5.91 Å². The Kier molecular flexibility index (Phi) is 10.1. The summed E-state index contributed by atoms with van der Waals surface area (Å²) in [7, 11) is 0. The summed E-state index contributed by atoms with van der Waals surface area (Å²) in [4.78, 5) is 28.7. The molecule has 3 aromatic rings. The highest BCUT2D eigenvalue weighted by atomic mass is 79.9. The van der Waals surface area contributed by atoms with E-state index in [0.717, 1.165) is 26.7 Å². The van der Waals surface area contributed by atoms with Gasteiger partial charge in [0.2, 0.25) is 5.91 Å². The molecule has 190 valence electrons. The number of hydrogen-bond acceptors (Lipinski definition) is 3. The van der Waals surface area contributed by atoms with Crippen molar-refractivity contribution >= 4 is 27.7 Å². The second-order valence-electron chi connectivity index (χ2n) is 9.55. The molecule has 0 unspecified atom stereocenters. The Labute approximate surface area is 223 Å². The Morgan fingerprint density at radius 2 is 1.64 bits per heavy atom. The van der Waals surface area contributed by atoms with E-state index in [1.165, 1.54) is 0 Å². The number of halogens is 1. The Hall–Kier alpha value is -3.12. The van der Waals surface area contributed by atoms with Crippen LogP contribution in [0.4, 0.5) is 0 Å². The van der Waals surface area contributed by atoms with Crippen molar-refractivity contribution in [2.75, 3.05) is 13.2 Å². The van der Waals surface area contributed by atoms with Crippen LogP contribution in [0.3, 0.4) is 0 Å². The molecule has 0 heterocycles. The van der Waals surface area contributed by atoms with Crippen LogP contribution in [0.5, 0.6) is 5.75 Å². The van der Waals surface area contributed by atoms with Crippen LogP contribution in [-0.2, 0) is 22.6 Å². The summed E-state index contributed by atoms with van der Waals surface area (Å²) in [5.41, 5.74) is 4.11. The standard InChI is InChI=1S/C30H35BrN2O3/c1-21(2)18-32-30(35)28(17-24-8-6-5-7-9-24)33(19-25-12-10-22(3)11-13-25)29(34)20-36-26-14-15-27(31)23(4)16-26/h5-16,21,28H,17-20H2,1-4H3,(H,32,35)/t28-/m0/s1. The molecule has 1 N–H and O–H groups in total. The number of hydrogen-bond donors (Lipinski definition) is 1. The van der Waals surface area contributed by atoms with Crippen molar-refractivity contribution in [1.82, 2.24) is 10.2 Å². The average molecular weight is 552 g/mol. The predicted octanol–water partition coefficient (Wildman–Crippen LogP) is 5.86. The first-order valence-corrected chi connectivity index (χ1v) is 13.1. The molecule has 0 saturated carbocycles. The molecule has 0 aliphatic rings. The maximum absolute atomic E-state index is 13.6. The molecule has 36 heavy (non-hydrogen) atoms. The van der Waals surface area contributed by atoms with Crippen LogP contribution in [0, 0.1) is 19.8 Å². The molecular weight excluding hydrogens is 516 g/mol. The third-order valence-corrected chi connectivity index (χ3v) is 6.81. The van der Waals surface area contributed by atoms with Crippen LogP contribution in [0.25, 0.3) is 0 Å². The third kappa shape index (κ3) is 8.23. The summed E-state index contributed by atoms with van der Waals surface area (Å²) in [6, 6.07) is 22.8. The van der Waals surface area contributed by atoms with E-state index in [0.29, 0.717) is 31.2 Å². The van der Waals surface area contributed by atoms with Gasteiger partial charge < -0.3 is 15.0 Å². The molecule has 5 nitrogen and oxygen atoms in total. The minimum Gasteiger partial charge on any atom is -0.484 e. The maximum atomic E-state index is 13.6. The van der Waals surface area contributed by atoms with Crippen molar-refractivity contribution in [3.05, 3.63) is 99.5 Å². The largest absolute Gasteiger partial charge is 0.484 e. The molecule has 1 atom stereocenters. The normalized spacial score (nSPS) is 11.7. The molecule has 3 aromatic carbocycles. The highest BCUT2D eigenvalue weighted by Crippen LogP contribution is 2.22. The van der Waals surface area contributed by atoms with Gasteiger partial charge in [-0.25, -0.2) is 0 Å².